The third kappa shape index (κ3) is 4.05. The van der Waals surface area contributed by atoms with Crippen molar-refractivity contribution in [1.82, 2.24) is 13.5 Å². The average Bonchev–Trinajstić information content (AvgIpc) is 3.26. The van der Waals surface area contributed by atoms with Crippen LogP contribution in [0.25, 0.3) is 33.3 Å². The number of nitrogens with zero attached hydrogens (tertiary/aromatic N) is 3. The van der Waals surface area contributed by atoms with E-state index in [4.69, 9.17) is 16.3 Å². The van der Waals surface area contributed by atoms with Crippen LogP contribution in [-0.4, -0.2) is 39.7 Å². The molecule has 0 bridgehead atoms. The van der Waals surface area contributed by atoms with Crippen molar-refractivity contribution in [3.8, 4) is 22.9 Å². The first-order chi connectivity index (χ1) is 17.9. The molecule has 2 heterocycles. The lowest BCUT2D eigenvalue weighted by Crippen LogP contribution is -2.31. The maximum Gasteiger partial charge on any atom is 0.517 e. The van der Waals surface area contributed by atoms with E-state index in [1.165, 1.54) is 48.1 Å². The number of para-hydroxylation sites is 2. The van der Waals surface area contributed by atoms with E-state index in [9.17, 15) is 31.5 Å². The van der Waals surface area contributed by atoms with E-state index >= 15 is 0 Å². The number of rotatable bonds is 5. The van der Waals surface area contributed by atoms with Gasteiger partial charge in [-0.3, -0.25) is 4.79 Å². The van der Waals surface area contributed by atoms with Crippen LogP contribution in [0.5, 0.6) is 11.5 Å². The van der Waals surface area contributed by atoms with Crippen molar-refractivity contribution in [3.63, 3.8) is 0 Å². The summed E-state index contributed by atoms with van der Waals surface area (Å²) in [7, 11) is -4.57. The molecular formula is C25H17ClF3N3O5S. The Morgan fingerprint density at radius 3 is 2.37 bits per heavy atom. The fourth-order valence-corrected chi connectivity index (χ4v) is 5.35. The highest BCUT2D eigenvalue weighted by Crippen LogP contribution is 2.38. The minimum Gasteiger partial charge on any atom is -0.506 e. The van der Waals surface area contributed by atoms with Gasteiger partial charge in [-0.2, -0.15) is 21.6 Å². The highest BCUT2D eigenvalue weighted by molar-refractivity contribution is 7.91. The summed E-state index contributed by atoms with van der Waals surface area (Å²) in [5, 5.41) is 11.4. The smallest absolute Gasteiger partial charge is 0.506 e. The van der Waals surface area contributed by atoms with Crippen LogP contribution < -0.4 is 10.3 Å². The van der Waals surface area contributed by atoms with Crippen LogP contribution >= 0.6 is 11.6 Å². The first-order valence-corrected chi connectivity index (χ1v) is 12.7. The summed E-state index contributed by atoms with van der Waals surface area (Å²) in [5.74, 6) is -1.07. The van der Waals surface area contributed by atoms with Gasteiger partial charge in [0.05, 0.1) is 30.2 Å². The number of ether oxygens (including phenoxy) is 1. The molecule has 1 N–H and O–H groups in total. The van der Waals surface area contributed by atoms with E-state index < -0.39 is 43.7 Å². The summed E-state index contributed by atoms with van der Waals surface area (Å²) in [6.45, 7) is -0.0690. The van der Waals surface area contributed by atoms with Crippen molar-refractivity contribution in [2.24, 2.45) is 0 Å². The average molecular weight is 564 g/mol. The fourth-order valence-electron chi connectivity index (χ4n) is 4.19. The summed E-state index contributed by atoms with van der Waals surface area (Å²) >= 11 is 6.12. The van der Waals surface area contributed by atoms with Gasteiger partial charge >= 0.3 is 15.5 Å². The molecule has 0 fully saturated rings. The lowest BCUT2D eigenvalue weighted by Gasteiger charge is -2.17. The van der Waals surface area contributed by atoms with E-state index in [-0.39, 0.29) is 32.0 Å². The second kappa shape index (κ2) is 9.07. The van der Waals surface area contributed by atoms with Gasteiger partial charge in [0.2, 0.25) is 0 Å². The molecule has 0 spiro atoms. The summed E-state index contributed by atoms with van der Waals surface area (Å²) in [4.78, 5) is 17.9. The van der Waals surface area contributed by atoms with E-state index in [0.29, 0.717) is 11.3 Å². The molecule has 0 aliphatic rings. The van der Waals surface area contributed by atoms with Crippen molar-refractivity contribution >= 4 is 43.6 Å². The standard InChI is InChI=1S/C25H17ClF3N3O5S/c1-37-16-9-6-14(7-10-16)13-31-19-11-8-15(26)12-17(19)22(33)21(24(31)34)23-30-18-4-2-3-5-20(18)32(23)38(35,36)25(27,28)29/h2-12,33H,13H2,1H3. The fraction of sp³-hybridized carbons (Fsp3) is 0.120. The molecule has 0 aliphatic carbocycles. The van der Waals surface area contributed by atoms with Crippen molar-refractivity contribution in [2.75, 3.05) is 7.11 Å². The number of alkyl halides is 3. The molecule has 38 heavy (non-hydrogen) atoms. The van der Waals surface area contributed by atoms with Crippen LogP contribution in [0.2, 0.25) is 5.02 Å². The molecule has 5 rings (SSSR count). The second-order valence-electron chi connectivity index (χ2n) is 8.26. The van der Waals surface area contributed by atoms with Gasteiger partial charge in [0.1, 0.15) is 17.1 Å². The molecular weight excluding hydrogens is 547 g/mol. The van der Waals surface area contributed by atoms with Gasteiger partial charge in [0, 0.05) is 10.4 Å². The molecule has 0 radical (unpaired) electrons. The monoisotopic (exact) mass is 563 g/mol. The van der Waals surface area contributed by atoms with Gasteiger partial charge in [-0.15, -0.1) is 0 Å². The summed E-state index contributed by atoms with van der Waals surface area (Å²) in [6.07, 6.45) is 0. The molecule has 0 saturated heterocycles. The predicted octanol–water partition coefficient (Wildman–Crippen LogP) is 5.13. The molecule has 0 aliphatic heterocycles. The summed E-state index contributed by atoms with van der Waals surface area (Å²) < 4.78 is 72.9. The first-order valence-electron chi connectivity index (χ1n) is 10.9. The minimum absolute atomic E-state index is 0.0172. The maximum atomic E-state index is 13.8. The van der Waals surface area contributed by atoms with E-state index in [2.05, 4.69) is 4.98 Å². The largest absolute Gasteiger partial charge is 0.517 e. The number of hydrogen-bond acceptors (Lipinski definition) is 6. The van der Waals surface area contributed by atoms with Gasteiger partial charge in [0.15, 0.2) is 5.82 Å². The number of aromatic nitrogens is 3. The van der Waals surface area contributed by atoms with Crippen molar-refractivity contribution in [1.29, 1.82) is 0 Å². The maximum absolute atomic E-state index is 13.8. The molecule has 0 atom stereocenters. The Bertz CT molecular complexity index is 1880. The first kappa shape index (κ1) is 25.6. The SMILES string of the molecule is COc1ccc(Cn2c(=O)c(-c3nc4ccccc4n3S(=O)(=O)C(F)(F)F)c(O)c3cc(Cl)ccc32)cc1. The van der Waals surface area contributed by atoms with Crippen molar-refractivity contribution in [2.45, 2.75) is 12.1 Å². The number of halogens is 4. The van der Waals surface area contributed by atoms with Gasteiger partial charge < -0.3 is 14.4 Å². The van der Waals surface area contributed by atoms with E-state index in [1.807, 2.05) is 0 Å². The van der Waals surface area contributed by atoms with Crippen molar-refractivity contribution < 1.29 is 31.4 Å². The number of methoxy groups -OCH3 is 1. The Labute approximate surface area is 218 Å². The summed E-state index contributed by atoms with van der Waals surface area (Å²) in [5.41, 5.74) is -7.09. The Kier molecular flexibility index (Phi) is 6.11. The number of fused-ring (bicyclic) bond motifs is 2. The Hall–Kier alpha value is -4.03. The lowest BCUT2D eigenvalue weighted by molar-refractivity contribution is -0.0444. The van der Waals surface area contributed by atoms with Crippen molar-refractivity contribution in [3.05, 3.63) is 87.7 Å². The van der Waals surface area contributed by atoms with Crippen LogP contribution in [0.4, 0.5) is 13.2 Å². The molecule has 196 valence electrons. The number of imidazole rings is 1. The minimum atomic E-state index is -6.06. The Morgan fingerprint density at radius 1 is 1.03 bits per heavy atom. The van der Waals surface area contributed by atoms with Crippen LogP contribution in [0, 0.1) is 0 Å². The molecule has 2 aromatic heterocycles. The zero-order chi connectivity index (χ0) is 27.4. The zero-order valence-electron chi connectivity index (χ0n) is 19.4. The highest BCUT2D eigenvalue weighted by atomic mass is 35.5. The molecule has 0 unspecified atom stereocenters. The third-order valence-corrected chi connectivity index (χ3v) is 7.65. The molecule has 13 heteroatoms. The molecule has 8 nitrogen and oxygen atoms in total. The van der Waals surface area contributed by atoms with Gasteiger partial charge in [-0.1, -0.05) is 35.9 Å². The van der Waals surface area contributed by atoms with Crippen LogP contribution in [0.15, 0.2) is 71.5 Å². The molecule has 0 amide bonds. The third-order valence-electron chi connectivity index (χ3n) is 5.98. The number of aromatic hydroxyl groups is 1. The number of hydrogen-bond donors (Lipinski definition) is 1. The molecule has 5 aromatic rings. The number of benzene rings is 3. The van der Waals surface area contributed by atoms with Crippen LogP contribution in [0.3, 0.4) is 0 Å². The topological polar surface area (TPSA) is 103 Å². The predicted molar refractivity (Wildman–Crippen MR) is 136 cm³/mol. The van der Waals surface area contributed by atoms with Gasteiger partial charge in [0.25, 0.3) is 5.56 Å². The highest BCUT2D eigenvalue weighted by Gasteiger charge is 2.49. The normalized spacial score (nSPS) is 12.3. The zero-order valence-corrected chi connectivity index (χ0v) is 21.0. The van der Waals surface area contributed by atoms with Crippen LogP contribution in [-0.2, 0) is 16.6 Å². The second-order valence-corrected chi connectivity index (χ2v) is 10.5. The Morgan fingerprint density at radius 2 is 1.71 bits per heavy atom. The van der Waals surface area contributed by atoms with Crippen LogP contribution in [0.1, 0.15) is 5.56 Å². The quantitative estimate of drug-likeness (QED) is 0.318. The van der Waals surface area contributed by atoms with Gasteiger partial charge in [-0.25, -0.2) is 8.96 Å². The van der Waals surface area contributed by atoms with Gasteiger partial charge in [-0.05, 0) is 48.0 Å². The lowest BCUT2D eigenvalue weighted by atomic mass is 10.1. The summed E-state index contributed by atoms with van der Waals surface area (Å²) in [6, 6.07) is 16.2. The van der Waals surface area contributed by atoms with E-state index in [0.717, 1.165) is 6.07 Å². The molecule has 0 saturated carbocycles. The van der Waals surface area contributed by atoms with E-state index in [1.54, 1.807) is 24.3 Å². The Balaban J connectivity index is 1.88. The number of pyridine rings is 1. The molecule has 3 aromatic carbocycles.